The van der Waals surface area contributed by atoms with Crippen LogP contribution in [-0.4, -0.2) is 26.9 Å². The number of carbonyl (C=O) groups excluding carboxylic acids is 2. The molecule has 1 aliphatic rings. The number of benzene rings is 1. The van der Waals surface area contributed by atoms with Gasteiger partial charge in [0, 0.05) is 29.0 Å². The van der Waals surface area contributed by atoms with Crippen LogP contribution in [0.2, 0.25) is 5.02 Å². The van der Waals surface area contributed by atoms with E-state index >= 15 is 0 Å². The van der Waals surface area contributed by atoms with Gasteiger partial charge in [0.05, 0.1) is 11.6 Å². The predicted octanol–water partition coefficient (Wildman–Crippen LogP) is 3.66. The molecule has 1 amide bonds. The fraction of sp³-hybridized carbons (Fsp3) is 0.100. The monoisotopic (exact) mass is 395 g/mol. The van der Waals surface area contributed by atoms with Crippen LogP contribution in [0.15, 0.2) is 65.0 Å². The summed E-state index contributed by atoms with van der Waals surface area (Å²) in [5, 5.41) is 15.2. The van der Waals surface area contributed by atoms with Crippen molar-refractivity contribution in [3.63, 3.8) is 0 Å². The molecule has 3 heterocycles. The van der Waals surface area contributed by atoms with Crippen LogP contribution < -0.4 is 4.90 Å². The highest BCUT2D eigenvalue weighted by atomic mass is 35.5. The van der Waals surface area contributed by atoms with E-state index < -0.39 is 17.7 Å². The highest BCUT2D eigenvalue weighted by Gasteiger charge is 2.48. The molecule has 3 aromatic rings. The van der Waals surface area contributed by atoms with Crippen LogP contribution in [0.1, 0.15) is 22.9 Å². The number of ketones is 1. The van der Waals surface area contributed by atoms with Gasteiger partial charge < -0.3 is 9.63 Å². The van der Waals surface area contributed by atoms with E-state index in [0.29, 0.717) is 21.9 Å². The van der Waals surface area contributed by atoms with Gasteiger partial charge in [-0.15, -0.1) is 0 Å². The molecule has 7 nitrogen and oxygen atoms in total. The molecule has 0 bridgehead atoms. The number of hydrogen-bond acceptors (Lipinski definition) is 6. The van der Waals surface area contributed by atoms with Gasteiger partial charge in [0.25, 0.3) is 5.78 Å². The van der Waals surface area contributed by atoms with E-state index in [2.05, 4.69) is 10.1 Å². The largest absolute Gasteiger partial charge is 0.507 e. The van der Waals surface area contributed by atoms with E-state index in [0.717, 1.165) is 0 Å². The summed E-state index contributed by atoms with van der Waals surface area (Å²) >= 11 is 5.90. The van der Waals surface area contributed by atoms with Crippen molar-refractivity contribution in [1.82, 2.24) is 10.1 Å². The number of carbonyl (C=O) groups is 2. The van der Waals surface area contributed by atoms with Crippen molar-refractivity contribution in [2.75, 3.05) is 4.90 Å². The summed E-state index contributed by atoms with van der Waals surface area (Å²) in [6, 6.07) is 10.4. The van der Waals surface area contributed by atoms with Crippen molar-refractivity contribution < 1.29 is 19.2 Å². The van der Waals surface area contributed by atoms with Crippen molar-refractivity contribution >= 4 is 34.9 Å². The zero-order chi connectivity index (χ0) is 19.8. The first-order valence-corrected chi connectivity index (χ1v) is 8.75. The third-order valence-electron chi connectivity index (χ3n) is 4.42. The van der Waals surface area contributed by atoms with Crippen LogP contribution in [-0.2, 0) is 9.59 Å². The minimum absolute atomic E-state index is 0.0547. The van der Waals surface area contributed by atoms with E-state index in [-0.39, 0.29) is 17.2 Å². The first-order valence-electron chi connectivity index (χ1n) is 8.37. The molecule has 0 saturated carbocycles. The summed E-state index contributed by atoms with van der Waals surface area (Å²) in [6.45, 7) is 1.68. The van der Waals surface area contributed by atoms with Crippen LogP contribution in [0, 0.1) is 6.92 Å². The molecule has 0 aliphatic carbocycles. The average Bonchev–Trinajstić information content (AvgIpc) is 3.24. The summed E-state index contributed by atoms with van der Waals surface area (Å²) in [4.78, 5) is 30.9. The minimum Gasteiger partial charge on any atom is -0.507 e. The third-order valence-corrected chi connectivity index (χ3v) is 4.68. The lowest BCUT2D eigenvalue weighted by atomic mass is 9.96. The molecule has 1 atom stereocenters. The number of aliphatic hydroxyl groups is 1. The van der Waals surface area contributed by atoms with Gasteiger partial charge in [-0.2, -0.15) is 0 Å². The molecule has 4 rings (SSSR count). The van der Waals surface area contributed by atoms with Gasteiger partial charge in [0.15, 0.2) is 5.82 Å². The maximum atomic E-state index is 12.8. The summed E-state index contributed by atoms with van der Waals surface area (Å²) in [5.74, 6) is -1.26. The van der Waals surface area contributed by atoms with Gasteiger partial charge in [-0.05, 0) is 42.8 Å². The van der Waals surface area contributed by atoms with E-state index in [4.69, 9.17) is 16.1 Å². The maximum absolute atomic E-state index is 12.8. The average molecular weight is 396 g/mol. The molecular weight excluding hydrogens is 382 g/mol. The smallest absolute Gasteiger partial charge is 0.301 e. The van der Waals surface area contributed by atoms with Gasteiger partial charge >= 0.3 is 5.91 Å². The van der Waals surface area contributed by atoms with Crippen molar-refractivity contribution in [3.8, 4) is 0 Å². The zero-order valence-corrected chi connectivity index (χ0v) is 15.4. The topological polar surface area (TPSA) is 96.5 Å². The number of Topliss-reactive ketones (excluding diaryl/α,β-unsaturated/α-hetero) is 1. The van der Waals surface area contributed by atoms with Crippen LogP contribution >= 0.6 is 11.6 Å². The lowest BCUT2D eigenvalue weighted by Gasteiger charge is -2.22. The number of halogens is 1. The molecule has 1 fully saturated rings. The molecule has 0 radical (unpaired) electrons. The Labute approximate surface area is 164 Å². The van der Waals surface area contributed by atoms with Crippen LogP contribution in [0.25, 0.3) is 5.76 Å². The van der Waals surface area contributed by atoms with Gasteiger partial charge in [0.2, 0.25) is 0 Å². The summed E-state index contributed by atoms with van der Waals surface area (Å²) in [5.41, 5.74) is 0.867. The molecular formula is C20H14ClN3O4. The highest BCUT2D eigenvalue weighted by molar-refractivity contribution is 6.51. The highest BCUT2D eigenvalue weighted by Crippen LogP contribution is 2.41. The maximum Gasteiger partial charge on any atom is 0.301 e. The SMILES string of the molecule is Cc1cc(N2C(=O)C(=O)C(=C(O)c3ccc(Cl)cc3)C2c2cccnc2)no1. The van der Waals surface area contributed by atoms with Crippen molar-refractivity contribution in [3.05, 3.63) is 82.3 Å². The lowest BCUT2D eigenvalue weighted by Crippen LogP contribution is -2.29. The lowest BCUT2D eigenvalue weighted by molar-refractivity contribution is -0.132. The Bertz CT molecular complexity index is 1090. The number of anilines is 1. The summed E-state index contributed by atoms with van der Waals surface area (Å²) in [6.07, 6.45) is 3.11. The van der Waals surface area contributed by atoms with Crippen LogP contribution in [0.5, 0.6) is 0 Å². The Morgan fingerprint density at radius 1 is 1.21 bits per heavy atom. The quantitative estimate of drug-likeness (QED) is 0.413. The molecule has 140 valence electrons. The van der Waals surface area contributed by atoms with E-state index in [1.54, 1.807) is 55.6 Å². The standard InChI is InChI=1S/C20H14ClN3O4/c1-11-9-15(23-28-11)24-17(13-3-2-8-22-10-13)16(19(26)20(24)27)18(25)12-4-6-14(21)7-5-12/h2-10,17,25H,1H3. The normalized spacial score (nSPS) is 18.6. The van der Waals surface area contributed by atoms with Crippen molar-refractivity contribution in [2.24, 2.45) is 0 Å². The van der Waals surface area contributed by atoms with Gasteiger partial charge in [0.1, 0.15) is 11.5 Å². The second-order valence-corrected chi connectivity index (χ2v) is 6.69. The number of pyridine rings is 1. The van der Waals surface area contributed by atoms with E-state index in [1.165, 1.54) is 11.1 Å². The third kappa shape index (κ3) is 2.95. The number of rotatable bonds is 3. The second kappa shape index (κ2) is 6.94. The Morgan fingerprint density at radius 3 is 2.57 bits per heavy atom. The zero-order valence-electron chi connectivity index (χ0n) is 14.7. The van der Waals surface area contributed by atoms with Gasteiger partial charge in [-0.3, -0.25) is 19.5 Å². The number of hydrogen-bond donors (Lipinski definition) is 1. The first kappa shape index (κ1) is 17.9. The van der Waals surface area contributed by atoms with E-state index in [1.807, 2.05) is 0 Å². The number of aryl methyl sites for hydroxylation is 1. The number of aliphatic hydroxyl groups excluding tert-OH is 1. The Kier molecular flexibility index (Phi) is 4.44. The predicted molar refractivity (Wildman–Crippen MR) is 102 cm³/mol. The fourth-order valence-corrected chi connectivity index (χ4v) is 3.28. The molecule has 2 aromatic heterocycles. The van der Waals surface area contributed by atoms with Crippen molar-refractivity contribution in [1.29, 1.82) is 0 Å². The Hall–Kier alpha value is -3.45. The fourth-order valence-electron chi connectivity index (χ4n) is 3.15. The molecule has 8 heteroatoms. The Balaban J connectivity index is 1.93. The molecule has 1 aromatic carbocycles. The Morgan fingerprint density at radius 2 is 1.96 bits per heavy atom. The van der Waals surface area contributed by atoms with Crippen LogP contribution in [0.4, 0.5) is 5.82 Å². The number of aromatic nitrogens is 2. The van der Waals surface area contributed by atoms with Crippen molar-refractivity contribution in [2.45, 2.75) is 13.0 Å². The minimum atomic E-state index is -0.895. The van der Waals surface area contributed by atoms with E-state index in [9.17, 15) is 14.7 Å². The molecule has 0 spiro atoms. The van der Waals surface area contributed by atoms with Gasteiger partial charge in [-0.1, -0.05) is 22.8 Å². The van der Waals surface area contributed by atoms with Gasteiger partial charge in [-0.25, -0.2) is 0 Å². The van der Waals surface area contributed by atoms with Crippen LogP contribution in [0.3, 0.4) is 0 Å². The molecule has 1 unspecified atom stereocenters. The molecule has 28 heavy (non-hydrogen) atoms. The molecule has 1 saturated heterocycles. The second-order valence-electron chi connectivity index (χ2n) is 6.26. The summed E-state index contributed by atoms with van der Waals surface area (Å²) in [7, 11) is 0. The number of nitrogens with zero attached hydrogens (tertiary/aromatic N) is 3. The summed E-state index contributed by atoms with van der Waals surface area (Å²) < 4.78 is 5.07. The molecule has 1 aliphatic heterocycles. The number of amides is 1. The molecule has 1 N–H and O–H groups in total. The first-order chi connectivity index (χ1) is 13.5.